The molecule has 1 rings (SSSR count). The van der Waals surface area contributed by atoms with Gasteiger partial charge in [-0.1, -0.05) is 25.1 Å². The summed E-state index contributed by atoms with van der Waals surface area (Å²) in [4.78, 5) is 14.1. The van der Waals surface area contributed by atoms with Crippen molar-refractivity contribution in [3.8, 4) is 5.75 Å². The predicted octanol–water partition coefficient (Wildman–Crippen LogP) is 2.20. The van der Waals surface area contributed by atoms with Crippen molar-refractivity contribution in [1.82, 2.24) is 4.90 Å². The lowest BCUT2D eigenvalue weighted by molar-refractivity contribution is -0.135. The number of rotatable bonds is 6. The highest BCUT2D eigenvalue weighted by Gasteiger charge is 2.24. The average molecular weight is 264 g/mol. The van der Waals surface area contributed by atoms with Crippen LogP contribution in [0.1, 0.15) is 31.9 Å². The molecule has 0 aliphatic rings. The van der Waals surface area contributed by atoms with Crippen molar-refractivity contribution in [1.29, 1.82) is 0 Å². The summed E-state index contributed by atoms with van der Waals surface area (Å²) < 4.78 is 5.35. The van der Waals surface area contributed by atoms with Crippen molar-refractivity contribution in [2.24, 2.45) is 11.7 Å². The number of para-hydroxylation sites is 1. The lowest BCUT2D eigenvalue weighted by atomic mass is 10.0. The monoisotopic (exact) mass is 264 g/mol. The van der Waals surface area contributed by atoms with Crippen molar-refractivity contribution in [2.45, 2.75) is 26.3 Å². The molecule has 0 aliphatic heterocycles. The van der Waals surface area contributed by atoms with E-state index in [9.17, 15) is 4.79 Å². The second-order valence-electron chi connectivity index (χ2n) is 4.71. The van der Waals surface area contributed by atoms with Crippen LogP contribution in [0.2, 0.25) is 0 Å². The number of benzene rings is 1. The zero-order valence-corrected chi connectivity index (χ0v) is 12.2. The molecule has 0 radical (unpaired) electrons. The first kappa shape index (κ1) is 15.5. The Morgan fingerprint density at radius 2 is 2.05 bits per heavy atom. The van der Waals surface area contributed by atoms with E-state index in [1.165, 1.54) is 0 Å². The zero-order valence-electron chi connectivity index (χ0n) is 12.2. The van der Waals surface area contributed by atoms with Crippen molar-refractivity contribution in [3.63, 3.8) is 0 Å². The Balaban J connectivity index is 2.92. The lowest BCUT2D eigenvalue weighted by Crippen LogP contribution is -2.37. The number of amides is 1. The predicted molar refractivity (Wildman–Crippen MR) is 77.0 cm³/mol. The van der Waals surface area contributed by atoms with Crippen LogP contribution < -0.4 is 10.5 Å². The maximum absolute atomic E-state index is 12.3. The molecular weight excluding hydrogens is 240 g/mol. The summed E-state index contributed by atoms with van der Waals surface area (Å²) in [5.41, 5.74) is 6.65. The summed E-state index contributed by atoms with van der Waals surface area (Å²) >= 11 is 0. The first-order chi connectivity index (χ1) is 9.06. The van der Waals surface area contributed by atoms with E-state index >= 15 is 0 Å². The Labute approximate surface area is 115 Å². The summed E-state index contributed by atoms with van der Waals surface area (Å²) in [6.07, 6.45) is 0.762. The van der Waals surface area contributed by atoms with Crippen molar-refractivity contribution < 1.29 is 9.53 Å². The van der Waals surface area contributed by atoms with E-state index in [4.69, 9.17) is 10.5 Å². The Kier molecular flexibility index (Phi) is 5.83. The highest BCUT2D eigenvalue weighted by atomic mass is 16.5. The zero-order chi connectivity index (χ0) is 14.4. The molecular formula is C15H24N2O2. The molecule has 2 N–H and O–H groups in total. The summed E-state index contributed by atoms with van der Waals surface area (Å²) in [7, 11) is 3.46. The molecule has 19 heavy (non-hydrogen) atoms. The molecule has 0 fully saturated rings. The van der Waals surface area contributed by atoms with Gasteiger partial charge in [-0.05, 0) is 19.4 Å². The van der Waals surface area contributed by atoms with Gasteiger partial charge in [0.1, 0.15) is 5.75 Å². The minimum atomic E-state index is -0.109. The van der Waals surface area contributed by atoms with Crippen LogP contribution in [0.25, 0.3) is 0 Å². The minimum Gasteiger partial charge on any atom is -0.496 e. The molecule has 106 valence electrons. The molecule has 0 saturated carbocycles. The Hall–Kier alpha value is -1.55. The van der Waals surface area contributed by atoms with Gasteiger partial charge in [0.15, 0.2) is 0 Å². The highest BCUT2D eigenvalue weighted by Crippen LogP contribution is 2.28. The van der Waals surface area contributed by atoms with Crippen LogP contribution in [0, 0.1) is 5.92 Å². The SMILES string of the molecule is CCC(CN)C(=O)N(C)C(C)c1ccccc1OC. The van der Waals surface area contributed by atoms with Gasteiger partial charge in [-0.2, -0.15) is 0 Å². The number of carbonyl (C=O) groups excluding carboxylic acids is 1. The molecule has 4 heteroatoms. The fraction of sp³-hybridized carbons (Fsp3) is 0.533. The summed E-state index contributed by atoms with van der Waals surface area (Å²) in [6, 6.07) is 7.73. The molecule has 1 aromatic rings. The van der Waals surface area contributed by atoms with E-state index < -0.39 is 0 Å². The van der Waals surface area contributed by atoms with E-state index in [0.29, 0.717) is 6.54 Å². The van der Waals surface area contributed by atoms with Gasteiger partial charge >= 0.3 is 0 Å². The molecule has 2 atom stereocenters. The first-order valence-electron chi connectivity index (χ1n) is 6.66. The van der Waals surface area contributed by atoms with Gasteiger partial charge in [-0.3, -0.25) is 4.79 Å². The topological polar surface area (TPSA) is 55.6 Å². The Bertz CT molecular complexity index is 416. The molecule has 0 aromatic heterocycles. The number of hydrogen-bond donors (Lipinski definition) is 1. The number of carbonyl (C=O) groups is 1. The number of nitrogens with zero attached hydrogens (tertiary/aromatic N) is 1. The van der Waals surface area contributed by atoms with Gasteiger partial charge in [0.05, 0.1) is 19.1 Å². The molecule has 1 aromatic carbocycles. The number of nitrogens with two attached hydrogens (primary N) is 1. The normalized spacial score (nSPS) is 13.7. The van der Waals surface area contributed by atoms with Crippen molar-refractivity contribution in [3.05, 3.63) is 29.8 Å². The Morgan fingerprint density at radius 1 is 1.42 bits per heavy atom. The van der Waals surface area contributed by atoms with Crippen molar-refractivity contribution >= 4 is 5.91 Å². The molecule has 2 unspecified atom stereocenters. The minimum absolute atomic E-state index is 0.0377. The van der Waals surface area contributed by atoms with Gasteiger partial charge in [-0.15, -0.1) is 0 Å². The van der Waals surface area contributed by atoms with E-state index in [-0.39, 0.29) is 17.9 Å². The third-order valence-corrected chi connectivity index (χ3v) is 3.64. The smallest absolute Gasteiger partial charge is 0.227 e. The van der Waals surface area contributed by atoms with Gasteiger partial charge in [0.25, 0.3) is 0 Å². The largest absolute Gasteiger partial charge is 0.496 e. The maximum atomic E-state index is 12.3. The molecule has 0 heterocycles. The van der Waals surface area contributed by atoms with Gasteiger partial charge < -0.3 is 15.4 Å². The number of ether oxygens (including phenoxy) is 1. The lowest BCUT2D eigenvalue weighted by Gasteiger charge is -2.29. The molecule has 0 bridgehead atoms. The maximum Gasteiger partial charge on any atom is 0.227 e. The number of methoxy groups -OCH3 is 1. The van der Waals surface area contributed by atoms with Crippen LogP contribution in [-0.2, 0) is 4.79 Å². The van der Waals surface area contributed by atoms with Crippen LogP contribution in [0.3, 0.4) is 0 Å². The first-order valence-corrected chi connectivity index (χ1v) is 6.66. The van der Waals surface area contributed by atoms with Crippen LogP contribution in [0.5, 0.6) is 5.75 Å². The molecule has 4 nitrogen and oxygen atoms in total. The second-order valence-corrected chi connectivity index (χ2v) is 4.71. The fourth-order valence-electron chi connectivity index (χ4n) is 2.14. The Morgan fingerprint density at radius 3 is 2.58 bits per heavy atom. The van der Waals surface area contributed by atoms with E-state index in [2.05, 4.69) is 0 Å². The third-order valence-electron chi connectivity index (χ3n) is 3.64. The van der Waals surface area contributed by atoms with E-state index in [1.807, 2.05) is 45.2 Å². The summed E-state index contributed by atoms with van der Waals surface area (Å²) in [5.74, 6) is 0.779. The summed E-state index contributed by atoms with van der Waals surface area (Å²) in [6.45, 7) is 4.37. The van der Waals surface area contributed by atoms with Crippen molar-refractivity contribution in [2.75, 3.05) is 20.7 Å². The third kappa shape index (κ3) is 3.47. The second kappa shape index (κ2) is 7.14. The van der Waals surface area contributed by atoms with E-state index in [0.717, 1.165) is 17.7 Å². The quantitative estimate of drug-likeness (QED) is 0.857. The molecule has 0 saturated heterocycles. The molecule has 1 amide bonds. The van der Waals surface area contributed by atoms with Crippen LogP contribution in [0.4, 0.5) is 0 Å². The fourth-order valence-corrected chi connectivity index (χ4v) is 2.14. The van der Waals surface area contributed by atoms with Gasteiger partial charge in [-0.25, -0.2) is 0 Å². The summed E-state index contributed by atoms with van der Waals surface area (Å²) in [5, 5.41) is 0. The molecule has 0 aliphatic carbocycles. The number of hydrogen-bond acceptors (Lipinski definition) is 3. The van der Waals surface area contributed by atoms with Crippen LogP contribution in [-0.4, -0.2) is 31.5 Å². The van der Waals surface area contributed by atoms with Crippen LogP contribution in [0.15, 0.2) is 24.3 Å². The average Bonchev–Trinajstić information content (AvgIpc) is 2.46. The standard InChI is InChI=1S/C15H24N2O2/c1-5-12(10-16)15(18)17(3)11(2)13-8-6-7-9-14(13)19-4/h6-9,11-12H,5,10,16H2,1-4H3. The highest BCUT2D eigenvalue weighted by molar-refractivity contribution is 5.79. The van der Waals surface area contributed by atoms with E-state index in [1.54, 1.807) is 12.0 Å². The van der Waals surface area contributed by atoms with Gasteiger partial charge in [0.2, 0.25) is 5.91 Å². The molecule has 0 spiro atoms. The van der Waals surface area contributed by atoms with Crippen LogP contribution >= 0.6 is 0 Å². The van der Waals surface area contributed by atoms with Gasteiger partial charge in [0, 0.05) is 19.2 Å².